The number of rotatable bonds is 9. The van der Waals surface area contributed by atoms with Crippen LogP contribution in [0.25, 0.3) is 10.9 Å². The van der Waals surface area contributed by atoms with Crippen LogP contribution in [-0.4, -0.2) is 42.0 Å². The molecule has 0 unspecified atom stereocenters. The predicted molar refractivity (Wildman–Crippen MR) is 116 cm³/mol. The fraction of sp³-hybridized carbons (Fsp3) is 0.348. The monoisotopic (exact) mass is 460 g/mol. The number of aryl methyl sites for hydroxylation is 1. The van der Waals surface area contributed by atoms with E-state index in [0.29, 0.717) is 34.9 Å². The standard InChI is InChI=1S/C23H23F3N4O3/c1-13(16-5-4-6-18(21(16)24)23(25,26)12-31)28-22-17-10-20(33-8-7-32-3)15(11-27)9-19(17)29-14(2)30-22/h4-6,9-10,13,31H,7-8,12H2,1-3H3,(H,28,29,30)/t13-/m1/s1. The molecule has 2 N–H and O–H groups in total. The molecule has 0 aliphatic rings. The molecule has 0 bridgehead atoms. The average molecular weight is 460 g/mol. The molecule has 0 aliphatic carbocycles. The van der Waals surface area contributed by atoms with Gasteiger partial charge in [-0.3, -0.25) is 0 Å². The fourth-order valence-electron chi connectivity index (χ4n) is 3.36. The lowest BCUT2D eigenvalue weighted by molar-refractivity contribution is -0.0583. The fourth-order valence-corrected chi connectivity index (χ4v) is 3.36. The molecule has 3 aromatic rings. The quantitative estimate of drug-likeness (QED) is 0.461. The smallest absolute Gasteiger partial charge is 0.298 e. The van der Waals surface area contributed by atoms with Crippen LogP contribution in [-0.2, 0) is 10.7 Å². The molecule has 3 rings (SSSR count). The van der Waals surface area contributed by atoms with Crippen LogP contribution < -0.4 is 10.1 Å². The van der Waals surface area contributed by atoms with E-state index in [1.165, 1.54) is 19.2 Å². The first-order chi connectivity index (χ1) is 15.7. The Morgan fingerprint density at radius 2 is 2.00 bits per heavy atom. The molecular weight excluding hydrogens is 437 g/mol. The van der Waals surface area contributed by atoms with Crippen LogP contribution in [0.5, 0.6) is 5.75 Å². The minimum Gasteiger partial charge on any atom is -0.490 e. The second-order valence-electron chi connectivity index (χ2n) is 7.38. The van der Waals surface area contributed by atoms with Gasteiger partial charge in [0.1, 0.15) is 42.5 Å². The third-order valence-corrected chi connectivity index (χ3v) is 5.02. The summed E-state index contributed by atoms with van der Waals surface area (Å²) in [5, 5.41) is 22.0. The molecule has 0 amide bonds. The third-order valence-electron chi connectivity index (χ3n) is 5.02. The van der Waals surface area contributed by atoms with Crippen molar-refractivity contribution in [1.29, 1.82) is 5.26 Å². The molecule has 1 atom stereocenters. The summed E-state index contributed by atoms with van der Waals surface area (Å²) < 4.78 is 53.4. The Labute approximate surface area is 188 Å². The van der Waals surface area contributed by atoms with E-state index >= 15 is 0 Å². The van der Waals surface area contributed by atoms with E-state index in [-0.39, 0.29) is 17.7 Å². The molecule has 1 aromatic heterocycles. The number of aliphatic hydroxyl groups is 1. The van der Waals surface area contributed by atoms with Crippen molar-refractivity contribution in [1.82, 2.24) is 9.97 Å². The van der Waals surface area contributed by atoms with Crippen molar-refractivity contribution < 1.29 is 27.8 Å². The summed E-state index contributed by atoms with van der Waals surface area (Å²) in [6.07, 6.45) is 0. The van der Waals surface area contributed by atoms with Gasteiger partial charge < -0.3 is 19.9 Å². The Kier molecular flexibility index (Phi) is 7.36. The second-order valence-corrected chi connectivity index (χ2v) is 7.38. The van der Waals surface area contributed by atoms with E-state index in [2.05, 4.69) is 21.4 Å². The first-order valence-electron chi connectivity index (χ1n) is 10.1. The Morgan fingerprint density at radius 3 is 2.67 bits per heavy atom. The van der Waals surface area contributed by atoms with Gasteiger partial charge >= 0.3 is 0 Å². The van der Waals surface area contributed by atoms with Crippen LogP contribution in [0.4, 0.5) is 19.0 Å². The summed E-state index contributed by atoms with van der Waals surface area (Å²) in [6, 6.07) is 8.10. The van der Waals surface area contributed by atoms with E-state index in [4.69, 9.17) is 14.6 Å². The summed E-state index contributed by atoms with van der Waals surface area (Å²) in [5.41, 5.74) is -0.155. The van der Waals surface area contributed by atoms with Crippen molar-refractivity contribution in [2.45, 2.75) is 25.8 Å². The van der Waals surface area contributed by atoms with Crippen LogP contribution in [0.3, 0.4) is 0 Å². The van der Waals surface area contributed by atoms with Gasteiger partial charge in [-0.15, -0.1) is 0 Å². The number of aliphatic hydroxyl groups excluding tert-OH is 1. The maximum atomic E-state index is 14.9. The van der Waals surface area contributed by atoms with E-state index < -0.39 is 30.0 Å². The summed E-state index contributed by atoms with van der Waals surface area (Å²) in [4.78, 5) is 8.73. The van der Waals surface area contributed by atoms with Crippen LogP contribution in [0, 0.1) is 24.1 Å². The highest BCUT2D eigenvalue weighted by Gasteiger charge is 2.35. The molecular formula is C23H23F3N4O3. The maximum Gasteiger partial charge on any atom is 0.298 e. The molecule has 0 saturated carbocycles. The van der Waals surface area contributed by atoms with Crippen molar-refractivity contribution in [2.75, 3.05) is 32.2 Å². The number of fused-ring (bicyclic) bond motifs is 1. The maximum absolute atomic E-state index is 14.9. The summed E-state index contributed by atoms with van der Waals surface area (Å²) in [6.45, 7) is 2.30. The zero-order valence-electron chi connectivity index (χ0n) is 18.3. The zero-order valence-corrected chi connectivity index (χ0v) is 18.3. The predicted octanol–water partition coefficient (Wildman–Crippen LogP) is 4.23. The topological polar surface area (TPSA) is 100 Å². The molecule has 10 heteroatoms. The van der Waals surface area contributed by atoms with Gasteiger partial charge in [0.05, 0.1) is 29.3 Å². The number of benzene rings is 2. The Balaban J connectivity index is 2.03. The molecule has 33 heavy (non-hydrogen) atoms. The first kappa shape index (κ1) is 24.2. The lowest BCUT2D eigenvalue weighted by Crippen LogP contribution is -2.22. The number of nitriles is 1. The van der Waals surface area contributed by atoms with Crippen LogP contribution in [0.15, 0.2) is 30.3 Å². The molecule has 0 saturated heterocycles. The number of hydrogen-bond acceptors (Lipinski definition) is 7. The Bertz CT molecular complexity index is 1200. The number of alkyl halides is 2. The summed E-state index contributed by atoms with van der Waals surface area (Å²) >= 11 is 0. The molecule has 174 valence electrons. The summed E-state index contributed by atoms with van der Waals surface area (Å²) in [7, 11) is 1.53. The van der Waals surface area contributed by atoms with Gasteiger partial charge in [-0.2, -0.15) is 14.0 Å². The number of nitrogens with one attached hydrogen (secondary N) is 1. The van der Waals surface area contributed by atoms with Crippen LogP contribution in [0.2, 0.25) is 0 Å². The van der Waals surface area contributed by atoms with Gasteiger partial charge in [-0.1, -0.05) is 12.1 Å². The van der Waals surface area contributed by atoms with E-state index in [9.17, 15) is 18.4 Å². The number of nitrogens with zero attached hydrogens (tertiary/aromatic N) is 3. The number of aromatic nitrogens is 2. The highest BCUT2D eigenvalue weighted by atomic mass is 19.3. The van der Waals surface area contributed by atoms with E-state index in [1.54, 1.807) is 26.0 Å². The van der Waals surface area contributed by atoms with Crippen LogP contribution >= 0.6 is 0 Å². The SMILES string of the molecule is COCCOc1cc2c(N[C@H](C)c3cccc(C(F)(F)CO)c3F)nc(C)nc2cc1C#N. The molecule has 0 aliphatic heterocycles. The van der Waals surface area contributed by atoms with Crippen molar-refractivity contribution in [2.24, 2.45) is 0 Å². The van der Waals surface area contributed by atoms with Crippen molar-refractivity contribution >= 4 is 16.7 Å². The number of ether oxygens (including phenoxy) is 2. The molecule has 7 nitrogen and oxygen atoms in total. The van der Waals surface area contributed by atoms with Crippen LogP contribution in [0.1, 0.15) is 35.5 Å². The third kappa shape index (κ3) is 5.16. The molecule has 1 heterocycles. The largest absolute Gasteiger partial charge is 0.490 e. The lowest BCUT2D eigenvalue weighted by atomic mass is 10.00. The first-order valence-corrected chi connectivity index (χ1v) is 10.1. The van der Waals surface area contributed by atoms with E-state index in [1.807, 2.05) is 0 Å². The normalized spacial score (nSPS) is 12.4. The van der Waals surface area contributed by atoms with Gasteiger partial charge in [0.25, 0.3) is 5.92 Å². The van der Waals surface area contributed by atoms with Gasteiger partial charge in [-0.05, 0) is 32.0 Å². The highest BCUT2D eigenvalue weighted by Crippen LogP contribution is 2.35. The molecule has 0 fully saturated rings. The average Bonchev–Trinajstić information content (AvgIpc) is 2.78. The minimum atomic E-state index is -3.71. The van der Waals surface area contributed by atoms with Crippen molar-refractivity contribution in [3.8, 4) is 11.8 Å². The molecule has 0 radical (unpaired) electrons. The van der Waals surface area contributed by atoms with Gasteiger partial charge in [0.15, 0.2) is 0 Å². The Hall–Kier alpha value is -3.42. The zero-order chi connectivity index (χ0) is 24.2. The van der Waals surface area contributed by atoms with Crippen molar-refractivity contribution in [3.05, 3.63) is 58.7 Å². The second kappa shape index (κ2) is 10.0. The van der Waals surface area contributed by atoms with E-state index in [0.717, 1.165) is 6.07 Å². The number of methoxy groups -OCH3 is 1. The number of halogens is 3. The molecule has 2 aromatic carbocycles. The number of hydrogen-bond donors (Lipinski definition) is 2. The molecule has 0 spiro atoms. The Morgan fingerprint density at radius 1 is 1.24 bits per heavy atom. The number of anilines is 1. The minimum absolute atomic E-state index is 0.0183. The van der Waals surface area contributed by atoms with Gasteiger partial charge in [0, 0.05) is 18.1 Å². The summed E-state index contributed by atoms with van der Waals surface area (Å²) in [5.74, 6) is -3.79. The van der Waals surface area contributed by atoms with Gasteiger partial charge in [-0.25, -0.2) is 14.4 Å². The van der Waals surface area contributed by atoms with Gasteiger partial charge in [0.2, 0.25) is 0 Å². The highest BCUT2D eigenvalue weighted by molar-refractivity contribution is 5.91. The van der Waals surface area contributed by atoms with Crippen molar-refractivity contribution in [3.63, 3.8) is 0 Å². The lowest BCUT2D eigenvalue weighted by Gasteiger charge is -2.21.